The summed E-state index contributed by atoms with van der Waals surface area (Å²) in [5.41, 5.74) is 1.09. The first kappa shape index (κ1) is 30.6. The van der Waals surface area contributed by atoms with E-state index in [0.29, 0.717) is 11.5 Å². The highest BCUT2D eigenvalue weighted by Crippen LogP contribution is 2.41. The van der Waals surface area contributed by atoms with Crippen molar-refractivity contribution in [1.29, 1.82) is 0 Å². The molecule has 1 aliphatic carbocycles. The third-order valence-electron chi connectivity index (χ3n) is 6.93. The molecule has 0 aromatic heterocycles. The highest BCUT2D eigenvalue weighted by molar-refractivity contribution is 7.85. The number of hydrogen-bond acceptors (Lipinski definition) is 5. The Morgan fingerprint density at radius 2 is 1.78 bits per heavy atom. The molecule has 1 saturated carbocycles. The minimum Gasteiger partial charge on any atom is -0.487 e. The van der Waals surface area contributed by atoms with Crippen molar-refractivity contribution in [1.82, 2.24) is 9.62 Å². The number of halogens is 1. The van der Waals surface area contributed by atoms with E-state index in [0.717, 1.165) is 18.4 Å². The fourth-order valence-corrected chi connectivity index (χ4v) is 5.78. The lowest BCUT2D eigenvalue weighted by Gasteiger charge is -2.29. The van der Waals surface area contributed by atoms with Gasteiger partial charge in [-0.25, -0.2) is 13.4 Å². The zero-order valence-corrected chi connectivity index (χ0v) is 25.3. The highest BCUT2D eigenvalue weighted by Gasteiger charge is 2.37. The van der Waals surface area contributed by atoms with Gasteiger partial charge in [-0.3, -0.25) is 18.7 Å². The Balaban J connectivity index is 0.00000189. The van der Waals surface area contributed by atoms with Crippen molar-refractivity contribution < 1.29 is 27.7 Å². The van der Waals surface area contributed by atoms with Gasteiger partial charge in [0.25, 0.3) is 5.91 Å². The van der Waals surface area contributed by atoms with Crippen LogP contribution in [-0.4, -0.2) is 45.8 Å². The maximum atomic E-state index is 16.3. The molecule has 10 heteroatoms. The van der Waals surface area contributed by atoms with E-state index in [1.54, 1.807) is 17.0 Å². The van der Waals surface area contributed by atoms with Crippen molar-refractivity contribution in [3.63, 3.8) is 0 Å². The number of benzene rings is 2. The van der Waals surface area contributed by atoms with Crippen LogP contribution in [0.25, 0.3) is 5.57 Å². The van der Waals surface area contributed by atoms with Crippen LogP contribution in [0.4, 0.5) is 14.9 Å². The molecular formula is C31H40FN3O5S. The molecule has 2 aromatic rings. The normalized spacial score (nSPS) is 20.2. The maximum Gasteiger partial charge on any atom is 0.411 e. The Morgan fingerprint density at radius 1 is 1.07 bits per heavy atom. The van der Waals surface area contributed by atoms with E-state index in [1.807, 2.05) is 71.0 Å². The van der Waals surface area contributed by atoms with Crippen molar-refractivity contribution in [2.45, 2.75) is 78.6 Å². The molecule has 0 radical (unpaired) electrons. The van der Waals surface area contributed by atoms with Crippen LogP contribution in [0.5, 0.6) is 5.75 Å². The molecule has 3 aliphatic rings. The first-order valence-electron chi connectivity index (χ1n) is 14.3. The molecule has 1 saturated heterocycles. The number of carbonyl (C=O) groups is 2. The zero-order valence-electron chi connectivity index (χ0n) is 24.4. The molecule has 2 unspecified atom stereocenters. The van der Waals surface area contributed by atoms with E-state index in [-0.39, 0.29) is 42.7 Å². The van der Waals surface area contributed by atoms with Crippen molar-refractivity contribution in [2.24, 2.45) is 5.92 Å². The average molecular weight is 586 g/mol. The summed E-state index contributed by atoms with van der Waals surface area (Å²) in [7, 11) is 0. The summed E-state index contributed by atoms with van der Waals surface area (Å²) in [6, 6.07) is 12.5. The van der Waals surface area contributed by atoms with Gasteiger partial charge in [-0.1, -0.05) is 63.1 Å². The van der Waals surface area contributed by atoms with Gasteiger partial charge < -0.3 is 9.47 Å². The third kappa shape index (κ3) is 7.67. The summed E-state index contributed by atoms with van der Waals surface area (Å²) in [4.78, 5) is 26.7. The monoisotopic (exact) mass is 585 g/mol. The predicted octanol–water partition coefficient (Wildman–Crippen LogP) is 6.14. The first-order chi connectivity index (χ1) is 19.6. The van der Waals surface area contributed by atoms with Crippen LogP contribution in [0.3, 0.4) is 0 Å². The number of nitrogens with one attached hydrogen (secondary N) is 1. The quantitative estimate of drug-likeness (QED) is 0.402. The van der Waals surface area contributed by atoms with Gasteiger partial charge in [-0.15, -0.1) is 0 Å². The first-order valence-corrected chi connectivity index (χ1v) is 15.4. The van der Waals surface area contributed by atoms with Gasteiger partial charge in [0.15, 0.2) is 5.82 Å². The van der Waals surface area contributed by atoms with Gasteiger partial charge >= 0.3 is 6.09 Å². The number of carbonyl (C=O) groups excluding carboxylic acids is 2. The number of amides is 2. The second-order valence-electron chi connectivity index (χ2n) is 11.2. The highest BCUT2D eigenvalue weighted by atomic mass is 32.2. The molecule has 0 bridgehead atoms. The minimum atomic E-state index is -1.94. The smallest absolute Gasteiger partial charge is 0.411 e. The van der Waals surface area contributed by atoms with Crippen LogP contribution in [0.15, 0.2) is 48.5 Å². The average Bonchev–Trinajstić information content (AvgIpc) is 3.57. The molecule has 2 fully saturated rings. The number of hydrogen-bond donors (Lipinski definition) is 1. The van der Waals surface area contributed by atoms with Crippen molar-refractivity contribution >= 4 is 34.4 Å². The lowest BCUT2D eigenvalue weighted by molar-refractivity contribution is -0.117. The Morgan fingerprint density at radius 3 is 2.39 bits per heavy atom. The lowest BCUT2D eigenvalue weighted by Crippen LogP contribution is -2.40. The van der Waals surface area contributed by atoms with Crippen LogP contribution in [0.1, 0.15) is 71.4 Å². The Bertz CT molecular complexity index is 1310. The summed E-state index contributed by atoms with van der Waals surface area (Å²) in [6.07, 6.45) is 5.68. The standard InChI is InChI=1S/C29H34FN3O5S.C2H6/c1-29(2,3)38-28(35)32-16-21(15-22(32)12-11-19-9-10-19)23-13-14-24(37-18-20-7-5-4-6-8-20)27(26(23)30)33-17-25(34)31-39(33)36;1-2/h4-8,13-15,19,22H,9-12,16-18H2,1-3H3,(H,31,34);1-2H3. The predicted molar refractivity (Wildman–Crippen MR) is 159 cm³/mol. The van der Waals surface area contributed by atoms with Crippen LogP contribution in [0, 0.1) is 11.7 Å². The summed E-state index contributed by atoms with van der Waals surface area (Å²) < 4.78 is 44.1. The molecule has 2 heterocycles. The molecule has 2 atom stereocenters. The van der Waals surface area contributed by atoms with E-state index < -0.39 is 34.6 Å². The lowest BCUT2D eigenvalue weighted by atomic mass is 10.0. The van der Waals surface area contributed by atoms with Crippen molar-refractivity contribution in [3.8, 4) is 5.75 Å². The van der Waals surface area contributed by atoms with Crippen LogP contribution < -0.4 is 13.8 Å². The van der Waals surface area contributed by atoms with Crippen molar-refractivity contribution in [3.05, 3.63) is 65.5 Å². The maximum absolute atomic E-state index is 16.3. The Labute approximate surface area is 244 Å². The fourth-order valence-electron chi connectivity index (χ4n) is 4.84. The topological polar surface area (TPSA) is 88.2 Å². The van der Waals surface area contributed by atoms with Crippen molar-refractivity contribution in [2.75, 3.05) is 17.4 Å². The number of rotatable bonds is 8. The second kappa shape index (κ2) is 13.1. The van der Waals surface area contributed by atoms with E-state index in [2.05, 4.69) is 4.72 Å². The molecule has 8 nitrogen and oxygen atoms in total. The molecule has 2 aliphatic heterocycles. The van der Waals surface area contributed by atoms with Crippen LogP contribution in [0.2, 0.25) is 0 Å². The Hall–Kier alpha value is -3.40. The molecule has 41 heavy (non-hydrogen) atoms. The van der Waals surface area contributed by atoms with Gasteiger partial charge in [0, 0.05) is 5.56 Å². The Kier molecular flexibility index (Phi) is 9.73. The SMILES string of the molecule is CC.CC(C)(C)OC(=O)N1CC(c2ccc(OCc3ccccc3)c(N3CC(=O)NS3=O)c2F)=CC1CCC1CC1. The minimum absolute atomic E-state index is 0.0498. The number of nitrogens with zero attached hydrogens (tertiary/aromatic N) is 2. The summed E-state index contributed by atoms with van der Waals surface area (Å²) in [6.45, 7) is 9.56. The fraction of sp³-hybridized carbons (Fsp3) is 0.484. The molecule has 0 spiro atoms. The van der Waals surface area contributed by atoms with Gasteiger partial charge in [-0.05, 0) is 62.8 Å². The van der Waals surface area contributed by atoms with Crippen LogP contribution >= 0.6 is 0 Å². The van der Waals surface area contributed by atoms with Gasteiger partial charge in [0.1, 0.15) is 30.2 Å². The largest absolute Gasteiger partial charge is 0.487 e. The third-order valence-corrected chi connectivity index (χ3v) is 8.04. The molecule has 5 rings (SSSR count). The molecular weight excluding hydrogens is 545 g/mol. The molecule has 222 valence electrons. The zero-order chi connectivity index (χ0) is 29.7. The molecule has 2 amide bonds. The van der Waals surface area contributed by atoms with Gasteiger partial charge in [-0.2, -0.15) is 0 Å². The molecule has 2 aromatic carbocycles. The molecule has 1 N–H and O–H groups in total. The van der Waals surface area contributed by atoms with Gasteiger partial charge in [0.05, 0.1) is 12.6 Å². The summed E-state index contributed by atoms with van der Waals surface area (Å²) in [5.74, 6) is -0.257. The number of anilines is 1. The summed E-state index contributed by atoms with van der Waals surface area (Å²) in [5, 5.41) is 0. The summed E-state index contributed by atoms with van der Waals surface area (Å²) >= 11 is -1.94. The van der Waals surface area contributed by atoms with E-state index in [1.165, 1.54) is 17.1 Å². The van der Waals surface area contributed by atoms with E-state index in [4.69, 9.17) is 9.47 Å². The van der Waals surface area contributed by atoms with E-state index >= 15 is 4.39 Å². The van der Waals surface area contributed by atoms with Crippen LogP contribution in [-0.2, 0) is 27.3 Å². The second-order valence-corrected chi connectivity index (χ2v) is 12.4. The van der Waals surface area contributed by atoms with Gasteiger partial charge in [0.2, 0.25) is 11.2 Å². The van der Waals surface area contributed by atoms with E-state index in [9.17, 15) is 13.8 Å². The number of ether oxygens (including phenoxy) is 2.